The minimum atomic E-state index is 0.350. The van der Waals surface area contributed by atoms with Gasteiger partial charge in [0.2, 0.25) is 0 Å². The Hall–Kier alpha value is -2.59. The van der Waals surface area contributed by atoms with Crippen LogP contribution in [0, 0.1) is 0 Å². The summed E-state index contributed by atoms with van der Waals surface area (Å²) in [6, 6.07) is 17.2. The number of fused-ring (bicyclic) bond motifs is 1. The standard InChI is InChI=1S/C28H37N3O/c1-3-14-24-15-6-9-18-27(24)32-22-13-12-21-31-26-17-8-7-16-25(26)29-28(31)23(2)30-19-10-4-5-11-20-30/h3,6-9,15-18,23H,1,4-5,10-14,19-22H2,2H3. The van der Waals surface area contributed by atoms with Gasteiger partial charge in [0.15, 0.2) is 0 Å². The average Bonchev–Trinajstić information content (AvgIpc) is 2.98. The molecule has 1 atom stereocenters. The van der Waals surface area contributed by atoms with Gasteiger partial charge in [0, 0.05) is 6.54 Å². The Kier molecular flexibility index (Phi) is 8.00. The molecule has 4 heteroatoms. The molecule has 1 aliphatic heterocycles. The van der Waals surface area contributed by atoms with Gasteiger partial charge in [-0.2, -0.15) is 0 Å². The first-order valence-corrected chi connectivity index (χ1v) is 12.3. The highest BCUT2D eigenvalue weighted by Crippen LogP contribution is 2.27. The Morgan fingerprint density at radius 1 is 1.00 bits per heavy atom. The Labute approximate surface area is 192 Å². The van der Waals surface area contributed by atoms with Crippen LogP contribution < -0.4 is 4.74 Å². The summed E-state index contributed by atoms with van der Waals surface area (Å²) in [5.74, 6) is 2.20. The van der Waals surface area contributed by atoms with Gasteiger partial charge in [0.05, 0.1) is 23.7 Å². The predicted molar refractivity (Wildman–Crippen MR) is 133 cm³/mol. The third kappa shape index (κ3) is 5.42. The number of unbranched alkanes of at least 4 members (excludes halogenated alkanes) is 1. The van der Waals surface area contributed by atoms with Crippen molar-refractivity contribution in [2.75, 3.05) is 19.7 Å². The molecule has 4 rings (SSSR count). The fraction of sp³-hybridized carbons (Fsp3) is 0.464. The number of ether oxygens (including phenoxy) is 1. The fourth-order valence-corrected chi connectivity index (χ4v) is 4.82. The van der Waals surface area contributed by atoms with Crippen LogP contribution in [0.25, 0.3) is 11.0 Å². The van der Waals surface area contributed by atoms with Crippen molar-refractivity contribution in [3.8, 4) is 5.75 Å². The molecule has 0 bridgehead atoms. The lowest BCUT2D eigenvalue weighted by atomic mass is 10.1. The van der Waals surface area contributed by atoms with Crippen LogP contribution in [0.2, 0.25) is 0 Å². The van der Waals surface area contributed by atoms with Gasteiger partial charge in [-0.15, -0.1) is 6.58 Å². The molecule has 32 heavy (non-hydrogen) atoms. The summed E-state index contributed by atoms with van der Waals surface area (Å²) in [6.07, 6.45) is 10.2. The van der Waals surface area contributed by atoms with E-state index in [0.29, 0.717) is 6.04 Å². The zero-order valence-corrected chi connectivity index (χ0v) is 19.5. The van der Waals surface area contributed by atoms with E-state index < -0.39 is 0 Å². The lowest BCUT2D eigenvalue weighted by molar-refractivity contribution is 0.207. The molecule has 0 amide bonds. The number of likely N-dealkylation sites (tertiary alicyclic amines) is 1. The van der Waals surface area contributed by atoms with Crippen LogP contribution >= 0.6 is 0 Å². The highest BCUT2D eigenvalue weighted by atomic mass is 16.5. The number of allylic oxidation sites excluding steroid dienone is 1. The lowest BCUT2D eigenvalue weighted by Gasteiger charge is -2.27. The summed E-state index contributed by atoms with van der Waals surface area (Å²) in [7, 11) is 0. The molecule has 2 heterocycles. The molecule has 3 aromatic rings. The largest absolute Gasteiger partial charge is 0.493 e. The van der Waals surface area contributed by atoms with Crippen LogP contribution in [-0.2, 0) is 13.0 Å². The monoisotopic (exact) mass is 431 g/mol. The number of rotatable bonds is 10. The molecule has 0 N–H and O–H groups in total. The van der Waals surface area contributed by atoms with Crippen molar-refractivity contribution in [1.29, 1.82) is 0 Å². The molecular formula is C28H37N3O. The topological polar surface area (TPSA) is 30.3 Å². The maximum Gasteiger partial charge on any atom is 0.127 e. The van der Waals surface area contributed by atoms with E-state index in [0.717, 1.165) is 43.7 Å². The van der Waals surface area contributed by atoms with Crippen molar-refractivity contribution >= 4 is 11.0 Å². The molecule has 4 nitrogen and oxygen atoms in total. The molecule has 1 aromatic heterocycles. The van der Waals surface area contributed by atoms with Crippen molar-refractivity contribution in [3.63, 3.8) is 0 Å². The van der Waals surface area contributed by atoms with Crippen LogP contribution in [0.15, 0.2) is 61.2 Å². The summed E-state index contributed by atoms with van der Waals surface area (Å²) in [5.41, 5.74) is 3.57. The second-order valence-corrected chi connectivity index (χ2v) is 8.89. The summed E-state index contributed by atoms with van der Waals surface area (Å²) in [6.45, 7) is 10.3. The SMILES string of the molecule is C=CCc1ccccc1OCCCCn1c(C(C)N2CCCCCC2)nc2ccccc21. The highest BCUT2D eigenvalue weighted by molar-refractivity contribution is 5.76. The van der Waals surface area contributed by atoms with Crippen molar-refractivity contribution in [2.45, 2.75) is 64.5 Å². The average molecular weight is 432 g/mol. The highest BCUT2D eigenvalue weighted by Gasteiger charge is 2.23. The van der Waals surface area contributed by atoms with E-state index in [1.807, 2.05) is 12.1 Å². The van der Waals surface area contributed by atoms with Crippen molar-refractivity contribution in [1.82, 2.24) is 14.5 Å². The van der Waals surface area contributed by atoms with Gasteiger partial charge in [-0.1, -0.05) is 49.2 Å². The summed E-state index contributed by atoms with van der Waals surface area (Å²) in [4.78, 5) is 7.71. The second-order valence-electron chi connectivity index (χ2n) is 8.89. The number of imidazole rings is 1. The van der Waals surface area contributed by atoms with Crippen molar-refractivity contribution in [2.24, 2.45) is 0 Å². The normalized spacial score (nSPS) is 16.0. The number of nitrogens with zero attached hydrogens (tertiary/aromatic N) is 3. The first-order valence-electron chi connectivity index (χ1n) is 12.3. The summed E-state index contributed by atoms with van der Waals surface area (Å²) >= 11 is 0. The number of benzene rings is 2. The maximum absolute atomic E-state index is 6.10. The van der Waals surface area contributed by atoms with Gasteiger partial charge in [0.1, 0.15) is 11.6 Å². The number of hydrogen-bond acceptors (Lipinski definition) is 3. The molecule has 1 aliphatic rings. The van der Waals surface area contributed by atoms with E-state index in [4.69, 9.17) is 9.72 Å². The number of hydrogen-bond donors (Lipinski definition) is 0. The Bertz CT molecular complexity index is 1000. The van der Waals surface area contributed by atoms with Crippen LogP contribution in [-0.4, -0.2) is 34.1 Å². The zero-order valence-electron chi connectivity index (χ0n) is 19.5. The molecule has 2 aromatic carbocycles. The zero-order chi connectivity index (χ0) is 22.2. The molecule has 1 saturated heterocycles. The maximum atomic E-state index is 6.10. The third-order valence-corrected chi connectivity index (χ3v) is 6.62. The van der Waals surface area contributed by atoms with Gasteiger partial charge in [-0.25, -0.2) is 4.98 Å². The van der Waals surface area contributed by atoms with Crippen LogP contribution in [0.4, 0.5) is 0 Å². The van der Waals surface area contributed by atoms with Gasteiger partial charge >= 0.3 is 0 Å². The van der Waals surface area contributed by atoms with Gasteiger partial charge in [0.25, 0.3) is 0 Å². The fourth-order valence-electron chi connectivity index (χ4n) is 4.82. The molecule has 170 valence electrons. The predicted octanol–water partition coefficient (Wildman–Crippen LogP) is 6.56. The summed E-state index contributed by atoms with van der Waals surface area (Å²) in [5, 5.41) is 0. The van der Waals surface area contributed by atoms with E-state index in [1.54, 1.807) is 0 Å². The van der Waals surface area contributed by atoms with Gasteiger partial charge in [-0.3, -0.25) is 4.90 Å². The molecular weight excluding hydrogens is 394 g/mol. The Morgan fingerprint density at radius 3 is 2.56 bits per heavy atom. The van der Waals surface area contributed by atoms with E-state index in [9.17, 15) is 0 Å². The minimum absolute atomic E-state index is 0.350. The summed E-state index contributed by atoms with van der Waals surface area (Å²) < 4.78 is 8.56. The molecule has 0 radical (unpaired) electrons. The van der Waals surface area contributed by atoms with Gasteiger partial charge in [-0.05, 0) is 75.9 Å². The van der Waals surface area contributed by atoms with Crippen LogP contribution in [0.1, 0.15) is 62.9 Å². The molecule has 0 saturated carbocycles. The number of para-hydroxylation sites is 3. The Morgan fingerprint density at radius 2 is 1.75 bits per heavy atom. The Balaban J connectivity index is 1.41. The number of aromatic nitrogens is 2. The first-order chi connectivity index (χ1) is 15.8. The lowest BCUT2D eigenvalue weighted by Crippen LogP contribution is -2.30. The van der Waals surface area contributed by atoms with Gasteiger partial charge < -0.3 is 9.30 Å². The van der Waals surface area contributed by atoms with E-state index in [-0.39, 0.29) is 0 Å². The van der Waals surface area contributed by atoms with E-state index in [1.165, 1.54) is 55.7 Å². The minimum Gasteiger partial charge on any atom is -0.493 e. The van der Waals surface area contributed by atoms with E-state index in [2.05, 4.69) is 65.4 Å². The van der Waals surface area contributed by atoms with Crippen molar-refractivity contribution in [3.05, 3.63) is 72.6 Å². The number of aryl methyl sites for hydroxylation is 1. The van der Waals surface area contributed by atoms with Crippen LogP contribution in [0.3, 0.4) is 0 Å². The quantitative estimate of drug-likeness (QED) is 0.269. The van der Waals surface area contributed by atoms with E-state index >= 15 is 0 Å². The molecule has 1 unspecified atom stereocenters. The molecule has 1 fully saturated rings. The molecule has 0 aliphatic carbocycles. The second kappa shape index (κ2) is 11.3. The smallest absolute Gasteiger partial charge is 0.127 e. The first kappa shape index (κ1) is 22.6. The van der Waals surface area contributed by atoms with Crippen LogP contribution in [0.5, 0.6) is 5.75 Å². The molecule has 0 spiro atoms. The van der Waals surface area contributed by atoms with Crippen molar-refractivity contribution < 1.29 is 4.74 Å². The third-order valence-electron chi connectivity index (χ3n) is 6.62.